The summed E-state index contributed by atoms with van der Waals surface area (Å²) in [5.41, 5.74) is 5.65. The van der Waals surface area contributed by atoms with E-state index in [2.05, 4.69) is 56.0 Å². The Hall–Kier alpha value is -2.74. The van der Waals surface area contributed by atoms with E-state index in [0.717, 1.165) is 50.1 Å². The number of hydrogen-bond acceptors (Lipinski definition) is 6. The van der Waals surface area contributed by atoms with Gasteiger partial charge in [0.05, 0.1) is 23.1 Å². The number of rotatable bonds is 9. The molecule has 0 unspecified atom stereocenters. The van der Waals surface area contributed by atoms with Crippen LogP contribution in [0.15, 0.2) is 42.9 Å². The van der Waals surface area contributed by atoms with Crippen molar-refractivity contribution in [2.45, 2.75) is 65.6 Å². The highest BCUT2D eigenvalue weighted by molar-refractivity contribution is 6.29. The normalized spacial score (nSPS) is 15.3. The van der Waals surface area contributed by atoms with Crippen LogP contribution in [0.4, 0.5) is 5.69 Å². The Morgan fingerprint density at radius 2 is 1.87 bits per heavy atom. The van der Waals surface area contributed by atoms with E-state index in [1.807, 2.05) is 38.5 Å². The van der Waals surface area contributed by atoms with Gasteiger partial charge in [0.15, 0.2) is 0 Å². The van der Waals surface area contributed by atoms with Gasteiger partial charge in [-0.2, -0.15) is 0 Å². The third-order valence-corrected chi connectivity index (χ3v) is 7.95. The van der Waals surface area contributed by atoms with Crippen LogP contribution < -0.4 is 10.2 Å². The third-order valence-electron chi connectivity index (χ3n) is 7.54. The van der Waals surface area contributed by atoms with Crippen molar-refractivity contribution in [3.05, 3.63) is 81.1 Å². The molecule has 7 nitrogen and oxygen atoms in total. The zero-order chi connectivity index (χ0) is 27.2. The van der Waals surface area contributed by atoms with Gasteiger partial charge in [0.2, 0.25) is 0 Å². The minimum Gasteiger partial charge on any atom is -0.363 e. The van der Waals surface area contributed by atoms with Crippen LogP contribution in [-0.2, 0) is 6.54 Å². The second-order valence-electron chi connectivity index (χ2n) is 10.2. The summed E-state index contributed by atoms with van der Waals surface area (Å²) in [7, 11) is 0. The maximum atomic E-state index is 12.8. The summed E-state index contributed by atoms with van der Waals surface area (Å²) in [6.45, 7) is 11.5. The highest BCUT2D eigenvalue weighted by atomic mass is 35.5. The summed E-state index contributed by atoms with van der Waals surface area (Å²) >= 11 is 12.1. The van der Waals surface area contributed by atoms with Crippen LogP contribution in [-0.4, -0.2) is 57.5 Å². The molecule has 0 spiro atoms. The molecule has 202 valence electrons. The lowest BCUT2D eigenvalue weighted by Crippen LogP contribution is -2.48. The van der Waals surface area contributed by atoms with Crippen molar-refractivity contribution >= 4 is 34.8 Å². The number of nitrogens with zero attached hydrogens (tertiary/aromatic N) is 5. The molecule has 3 aromatic heterocycles. The van der Waals surface area contributed by atoms with E-state index < -0.39 is 0 Å². The molecule has 38 heavy (non-hydrogen) atoms. The van der Waals surface area contributed by atoms with Gasteiger partial charge in [0, 0.05) is 50.7 Å². The summed E-state index contributed by atoms with van der Waals surface area (Å²) in [4.78, 5) is 30.7. The second-order valence-corrected chi connectivity index (χ2v) is 10.9. The second kappa shape index (κ2) is 12.9. The Balaban J connectivity index is 1.33. The molecule has 0 saturated carbocycles. The first kappa shape index (κ1) is 28.3. The number of amides is 1. The fourth-order valence-electron chi connectivity index (χ4n) is 5.25. The summed E-state index contributed by atoms with van der Waals surface area (Å²) in [5.74, 6) is -0.0898. The van der Waals surface area contributed by atoms with E-state index in [1.54, 1.807) is 6.07 Å². The minimum absolute atomic E-state index is 0.0898. The monoisotopic (exact) mass is 554 g/mol. The Morgan fingerprint density at radius 1 is 1.11 bits per heavy atom. The van der Waals surface area contributed by atoms with Crippen LogP contribution >= 0.6 is 23.2 Å². The first-order valence-electron chi connectivity index (χ1n) is 13.2. The maximum Gasteiger partial charge on any atom is 0.253 e. The number of piperidine rings is 1. The molecule has 1 aliphatic heterocycles. The fraction of sp³-hybridized carbons (Fsp3) is 0.448. The molecular formula is C29H36Cl2N6O. The van der Waals surface area contributed by atoms with Gasteiger partial charge in [-0.3, -0.25) is 9.78 Å². The van der Waals surface area contributed by atoms with Crippen molar-refractivity contribution in [2.24, 2.45) is 0 Å². The molecule has 9 heteroatoms. The van der Waals surface area contributed by atoms with Gasteiger partial charge in [0.25, 0.3) is 5.91 Å². The molecule has 1 atom stereocenters. The highest BCUT2D eigenvalue weighted by Gasteiger charge is 2.28. The van der Waals surface area contributed by atoms with E-state index >= 15 is 0 Å². The van der Waals surface area contributed by atoms with Gasteiger partial charge >= 0.3 is 0 Å². The van der Waals surface area contributed by atoms with E-state index in [-0.39, 0.29) is 5.91 Å². The molecule has 1 N–H and O–H groups in total. The number of carbonyl (C=O) groups is 1. The summed E-state index contributed by atoms with van der Waals surface area (Å²) in [5, 5.41) is 3.99. The number of aryl methyl sites for hydroxylation is 3. The molecule has 3 aromatic rings. The predicted molar refractivity (Wildman–Crippen MR) is 154 cm³/mol. The Bertz CT molecular complexity index is 1220. The fourth-order valence-corrected chi connectivity index (χ4v) is 5.65. The Morgan fingerprint density at radius 3 is 2.53 bits per heavy atom. The molecule has 0 aromatic carbocycles. The van der Waals surface area contributed by atoms with Gasteiger partial charge in [-0.15, -0.1) is 0 Å². The number of halogens is 2. The van der Waals surface area contributed by atoms with Crippen molar-refractivity contribution in [2.75, 3.05) is 24.5 Å². The van der Waals surface area contributed by atoms with Gasteiger partial charge in [-0.25, -0.2) is 9.97 Å². The lowest BCUT2D eigenvalue weighted by atomic mass is 9.99. The maximum absolute atomic E-state index is 12.8. The standard InChI is InChI=1S/C29H36Cl2N6O/c1-19-7-11-32-16-23(19)18-37(25-5-6-26(30)34-17-25)24-9-13-36(14-10-24)21(3)8-12-33-29(38)28-20(2)15-27(31)35-22(28)4/h5-7,11,15-17,21,24H,8-10,12-14,18H2,1-4H3,(H,33,38)/t21-/m1/s1. The van der Waals surface area contributed by atoms with Crippen LogP contribution in [0.25, 0.3) is 0 Å². The Kier molecular flexibility index (Phi) is 9.58. The lowest BCUT2D eigenvalue weighted by Gasteiger charge is -2.42. The number of carbonyl (C=O) groups excluding carboxylic acids is 1. The Labute approximate surface area is 235 Å². The van der Waals surface area contributed by atoms with Gasteiger partial charge in [-0.05, 0) is 87.9 Å². The number of pyridine rings is 3. The molecule has 1 aliphatic rings. The van der Waals surface area contributed by atoms with Crippen molar-refractivity contribution in [1.29, 1.82) is 0 Å². The van der Waals surface area contributed by atoms with Gasteiger partial charge in [0.1, 0.15) is 10.3 Å². The first-order valence-corrected chi connectivity index (χ1v) is 13.9. The van der Waals surface area contributed by atoms with Crippen LogP contribution in [0.1, 0.15) is 58.9 Å². The number of hydrogen-bond donors (Lipinski definition) is 1. The minimum atomic E-state index is -0.0898. The van der Waals surface area contributed by atoms with Crippen molar-refractivity contribution in [1.82, 2.24) is 25.2 Å². The smallest absolute Gasteiger partial charge is 0.253 e. The lowest BCUT2D eigenvalue weighted by molar-refractivity contribution is 0.0943. The molecule has 0 aliphatic carbocycles. The quantitative estimate of drug-likeness (QED) is 0.338. The van der Waals surface area contributed by atoms with E-state index in [0.29, 0.717) is 40.2 Å². The summed E-state index contributed by atoms with van der Waals surface area (Å²) in [6, 6.07) is 8.46. The third kappa shape index (κ3) is 7.01. The number of nitrogens with one attached hydrogen (secondary N) is 1. The summed E-state index contributed by atoms with van der Waals surface area (Å²) < 4.78 is 0. The highest BCUT2D eigenvalue weighted by Crippen LogP contribution is 2.28. The largest absolute Gasteiger partial charge is 0.363 e. The average molecular weight is 556 g/mol. The molecule has 1 saturated heterocycles. The zero-order valence-corrected chi connectivity index (χ0v) is 24.1. The van der Waals surface area contributed by atoms with Gasteiger partial charge in [-0.1, -0.05) is 23.2 Å². The predicted octanol–water partition coefficient (Wildman–Crippen LogP) is 5.78. The summed E-state index contributed by atoms with van der Waals surface area (Å²) in [6.07, 6.45) is 8.64. The topological polar surface area (TPSA) is 74.2 Å². The van der Waals surface area contributed by atoms with Crippen LogP contribution in [0.2, 0.25) is 10.3 Å². The van der Waals surface area contributed by atoms with Crippen LogP contribution in [0.5, 0.6) is 0 Å². The first-order chi connectivity index (χ1) is 18.2. The number of likely N-dealkylation sites (tertiary alicyclic amines) is 1. The molecule has 0 bridgehead atoms. The molecule has 1 fully saturated rings. The molecule has 4 rings (SSSR count). The van der Waals surface area contributed by atoms with Crippen molar-refractivity contribution in [3.8, 4) is 0 Å². The van der Waals surface area contributed by atoms with Crippen molar-refractivity contribution in [3.63, 3.8) is 0 Å². The van der Waals surface area contributed by atoms with Crippen LogP contribution in [0, 0.1) is 20.8 Å². The van der Waals surface area contributed by atoms with E-state index in [9.17, 15) is 4.79 Å². The number of anilines is 1. The van der Waals surface area contributed by atoms with Crippen LogP contribution in [0.3, 0.4) is 0 Å². The molecule has 0 radical (unpaired) electrons. The molecule has 4 heterocycles. The van der Waals surface area contributed by atoms with E-state index in [4.69, 9.17) is 23.2 Å². The molecule has 1 amide bonds. The molecular weight excluding hydrogens is 519 g/mol. The number of aromatic nitrogens is 3. The SMILES string of the molecule is Cc1ccncc1CN(c1ccc(Cl)nc1)C1CCN([C@H](C)CCNC(=O)c2c(C)cc(Cl)nc2C)CC1. The van der Waals surface area contributed by atoms with Crippen molar-refractivity contribution < 1.29 is 4.79 Å². The van der Waals surface area contributed by atoms with E-state index in [1.165, 1.54) is 11.1 Å². The van der Waals surface area contributed by atoms with Gasteiger partial charge < -0.3 is 15.1 Å². The average Bonchev–Trinajstić information content (AvgIpc) is 2.88. The zero-order valence-electron chi connectivity index (χ0n) is 22.5.